The summed E-state index contributed by atoms with van der Waals surface area (Å²) in [4.78, 5) is 127. The van der Waals surface area contributed by atoms with Crippen molar-refractivity contribution in [2.24, 2.45) is 50.2 Å². The van der Waals surface area contributed by atoms with Gasteiger partial charge < -0.3 is 91.1 Å². The number of carboxylic acid groups (broad SMARTS) is 6. The van der Waals surface area contributed by atoms with Gasteiger partial charge in [-0.3, -0.25) is 33.6 Å². The summed E-state index contributed by atoms with van der Waals surface area (Å²) in [6, 6.07) is -5.09. The Balaban J connectivity index is 1.18. The highest BCUT2D eigenvalue weighted by atomic mass is 16.8. The van der Waals surface area contributed by atoms with Crippen LogP contribution in [0.3, 0.4) is 0 Å². The monoisotopic (exact) mass is 1210 g/mol. The van der Waals surface area contributed by atoms with Gasteiger partial charge in [-0.05, 0) is 122 Å². The van der Waals surface area contributed by atoms with Crippen molar-refractivity contribution in [2.75, 3.05) is 0 Å². The van der Waals surface area contributed by atoms with Crippen LogP contribution in [0.2, 0.25) is 0 Å². The molecule has 6 fully saturated rings. The third-order valence-corrected chi connectivity index (χ3v) is 21.1. The van der Waals surface area contributed by atoms with Crippen LogP contribution < -0.4 is 16.0 Å². The van der Waals surface area contributed by atoms with Crippen LogP contribution in [0.15, 0.2) is 11.6 Å². The fourth-order valence-corrected chi connectivity index (χ4v) is 15.8. The molecule has 85 heavy (non-hydrogen) atoms. The SMILES string of the molecule is CC12CCC3(C)C(=CC(=O)C4[C@]5(C)CCC(OC6OC(C(=O)NC(CCC(=O)O)C(=O)O)C(O)C(O)C6OC6OC(C(=O)NC(CCC(=O)O)C(=O)O)C(O)C(O)C6O)C(C)(C)C5CC[C@@]43C)C1C[C@](C)(C(=O)NC(CCC(=O)O)C(=O)O)CC2. The van der Waals surface area contributed by atoms with Crippen molar-refractivity contribution in [1.82, 2.24) is 16.0 Å². The largest absolute Gasteiger partial charge is 0.481 e. The Hall–Kier alpha value is -5.72. The number of hydrogen-bond donors (Lipinski definition) is 14. The van der Waals surface area contributed by atoms with E-state index in [0.29, 0.717) is 38.5 Å². The average molecular weight is 1210 g/mol. The average Bonchev–Trinajstić information content (AvgIpc) is 0.718. The molecule has 28 nitrogen and oxygen atoms in total. The summed E-state index contributed by atoms with van der Waals surface area (Å²) in [5, 5.41) is 120. The third-order valence-electron chi connectivity index (χ3n) is 21.1. The zero-order valence-electron chi connectivity index (χ0n) is 48.6. The highest BCUT2D eigenvalue weighted by Crippen LogP contribution is 2.75. The maximum Gasteiger partial charge on any atom is 0.326 e. The van der Waals surface area contributed by atoms with E-state index in [1.54, 1.807) is 13.0 Å². The first-order valence-corrected chi connectivity index (χ1v) is 28.9. The van der Waals surface area contributed by atoms with Gasteiger partial charge in [0, 0.05) is 30.6 Å². The van der Waals surface area contributed by atoms with Crippen LogP contribution >= 0.6 is 0 Å². The second-order valence-corrected chi connectivity index (χ2v) is 26.6. The lowest BCUT2D eigenvalue weighted by Gasteiger charge is -2.70. The molecule has 4 saturated carbocycles. The van der Waals surface area contributed by atoms with Crippen molar-refractivity contribution in [3.8, 4) is 0 Å². The molecule has 0 bridgehead atoms. The first-order valence-electron chi connectivity index (χ1n) is 28.9. The third kappa shape index (κ3) is 12.7. The van der Waals surface area contributed by atoms with E-state index in [1.165, 1.54) is 0 Å². The van der Waals surface area contributed by atoms with Crippen molar-refractivity contribution in [3.05, 3.63) is 11.6 Å². The van der Waals surface area contributed by atoms with Gasteiger partial charge in [0.15, 0.2) is 30.6 Å². The number of carbonyl (C=O) groups is 10. The summed E-state index contributed by atoms with van der Waals surface area (Å²) in [6.07, 6.45) is -20.2. The van der Waals surface area contributed by atoms with Crippen molar-refractivity contribution in [1.29, 1.82) is 0 Å². The number of aliphatic hydroxyl groups is 5. The molecule has 0 aromatic rings. The van der Waals surface area contributed by atoms with Crippen LogP contribution in [-0.2, 0) is 66.9 Å². The summed E-state index contributed by atoms with van der Waals surface area (Å²) in [6.45, 7) is 14.2. The van der Waals surface area contributed by atoms with Crippen molar-refractivity contribution >= 4 is 59.3 Å². The van der Waals surface area contributed by atoms with E-state index in [0.717, 1.165) is 18.4 Å². The Morgan fingerprint density at radius 1 is 0.576 bits per heavy atom. The highest BCUT2D eigenvalue weighted by Gasteiger charge is 2.71. The molecule has 2 aliphatic heterocycles. The van der Waals surface area contributed by atoms with Crippen molar-refractivity contribution < 1.29 is 123 Å². The number of carboxylic acids is 6. The van der Waals surface area contributed by atoms with Gasteiger partial charge in [0.25, 0.3) is 11.8 Å². The first-order chi connectivity index (χ1) is 39.4. The molecule has 2 heterocycles. The van der Waals surface area contributed by atoms with Crippen LogP contribution in [0.25, 0.3) is 0 Å². The highest BCUT2D eigenvalue weighted by molar-refractivity contribution is 5.96. The molecule has 2 saturated heterocycles. The molecule has 0 aromatic carbocycles. The van der Waals surface area contributed by atoms with Gasteiger partial charge in [0.1, 0.15) is 54.7 Å². The van der Waals surface area contributed by atoms with E-state index in [9.17, 15) is 94.2 Å². The molecule has 22 atom stereocenters. The summed E-state index contributed by atoms with van der Waals surface area (Å²) in [5.41, 5.74) is -3.28. The fraction of sp³-hybridized carbons (Fsp3) is 0.789. The zero-order valence-corrected chi connectivity index (χ0v) is 48.6. The molecule has 14 N–H and O–H groups in total. The van der Waals surface area contributed by atoms with E-state index >= 15 is 4.79 Å². The van der Waals surface area contributed by atoms with Gasteiger partial charge in [-0.2, -0.15) is 0 Å². The lowest BCUT2D eigenvalue weighted by Crippen LogP contribution is -2.69. The maximum absolute atomic E-state index is 15.4. The van der Waals surface area contributed by atoms with E-state index in [2.05, 4.69) is 38.3 Å². The second-order valence-electron chi connectivity index (χ2n) is 26.6. The zero-order chi connectivity index (χ0) is 63.4. The summed E-state index contributed by atoms with van der Waals surface area (Å²) in [5.74, 6) is -13.1. The van der Waals surface area contributed by atoms with Crippen LogP contribution in [-0.4, -0.2) is 201 Å². The van der Waals surface area contributed by atoms with Gasteiger partial charge in [-0.25, -0.2) is 14.4 Å². The molecular weight excluding hydrogens is 1130 g/mol. The molecule has 0 aromatic heterocycles. The Morgan fingerprint density at radius 2 is 1.06 bits per heavy atom. The Bertz CT molecular complexity index is 2690. The van der Waals surface area contributed by atoms with Gasteiger partial charge in [-0.1, -0.05) is 54.0 Å². The van der Waals surface area contributed by atoms with Crippen LogP contribution in [0.1, 0.15) is 145 Å². The number of aliphatic carboxylic acids is 6. The molecular formula is C57H83N3O25. The second kappa shape index (κ2) is 24.8. The van der Waals surface area contributed by atoms with E-state index in [-0.39, 0.29) is 35.9 Å². The molecule has 476 valence electrons. The molecule has 28 heteroatoms. The first kappa shape index (κ1) is 66.8. The number of allylic oxidation sites excluding steroid dienone is 2. The smallest absolute Gasteiger partial charge is 0.326 e. The normalized spacial score (nSPS) is 40.4. The number of carbonyl (C=O) groups excluding carboxylic acids is 4. The van der Waals surface area contributed by atoms with Gasteiger partial charge in [0.05, 0.1) is 6.10 Å². The molecule has 7 rings (SSSR count). The number of aliphatic hydroxyl groups excluding tert-OH is 5. The number of rotatable bonds is 22. The lowest BCUT2D eigenvalue weighted by atomic mass is 9.33. The predicted molar refractivity (Wildman–Crippen MR) is 286 cm³/mol. The van der Waals surface area contributed by atoms with Crippen molar-refractivity contribution in [3.63, 3.8) is 0 Å². The quantitative estimate of drug-likeness (QED) is 0.0648. The van der Waals surface area contributed by atoms with Crippen LogP contribution in [0.5, 0.6) is 0 Å². The van der Waals surface area contributed by atoms with Gasteiger partial charge in [0.2, 0.25) is 5.91 Å². The minimum Gasteiger partial charge on any atom is -0.481 e. The number of hydrogen-bond acceptors (Lipinski definition) is 19. The van der Waals surface area contributed by atoms with Crippen LogP contribution in [0, 0.1) is 50.2 Å². The molecule has 0 radical (unpaired) electrons. The minimum atomic E-state index is -2.31. The number of amides is 3. The lowest BCUT2D eigenvalue weighted by molar-refractivity contribution is -0.369. The number of nitrogens with one attached hydrogen (secondary N) is 3. The summed E-state index contributed by atoms with van der Waals surface area (Å²) >= 11 is 0. The van der Waals surface area contributed by atoms with E-state index < -0.39 is 204 Å². The molecule has 3 amide bonds. The summed E-state index contributed by atoms with van der Waals surface area (Å²) in [7, 11) is 0. The molecule has 7 aliphatic rings. The summed E-state index contributed by atoms with van der Waals surface area (Å²) < 4.78 is 24.5. The van der Waals surface area contributed by atoms with Gasteiger partial charge in [-0.15, -0.1) is 0 Å². The topological polar surface area (TPSA) is 466 Å². The minimum absolute atomic E-state index is 0.0972. The maximum atomic E-state index is 15.4. The number of ketones is 1. The molecule has 0 spiro atoms. The van der Waals surface area contributed by atoms with Gasteiger partial charge >= 0.3 is 35.8 Å². The van der Waals surface area contributed by atoms with Crippen LogP contribution in [0.4, 0.5) is 0 Å². The molecule has 5 aliphatic carbocycles. The number of ether oxygens (including phenoxy) is 4. The Morgan fingerprint density at radius 3 is 1.56 bits per heavy atom. The van der Waals surface area contributed by atoms with E-state index in [1.807, 2.05) is 19.2 Å². The molecule has 19 unspecified atom stereocenters. The predicted octanol–water partition coefficient (Wildman–Crippen LogP) is 0.294. The van der Waals surface area contributed by atoms with E-state index in [4.69, 9.17) is 24.1 Å². The Labute approximate surface area is 489 Å². The standard InChI is InChI=1S/C57H83N3O25/c1-52(2)30-14-17-57(7)43(29(61)22-24-25-23-54(4,19-18-53(25,3)20-21-56(24,57)6)51(81)60-28(48(79)80)10-13-34(66)67)55(30,5)16-15-31(52)82-50-42(38(71)37(70)41(84-50)45(74)59-27(47(77)78)9-12-33(64)65)85-49-39(72)35(68)36(69)40(83-49)44(73)58-26(46(75)76)8-11-32(62)63/h22,25-28,30-31,35-43,49-50,68-72H,8-21,23H2,1-7H3,(H,58,73)(H,59,74)(H,60,81)(H,62,63)(H,64,65)(H,66,67)(H,75,76)(H,77,78)(H,79,80)/t25?,26?,27?,28?,30?,31?,35?,36?,37?,38?,39?,40?,41?,42?,43?,49?,50?,53?,54-,55-,56?,57+/m1/s1. The number of fused-ring (bicyclic) bond motifs is 7. The Kier molecular flexibility index (Phi) is 19.5. The fourth-order valence-electron chi connectivity index (χ4n) is 15.8. The van der Waals surface area contributed by atoms with Crippen molar-refractivity contribution in [2.45, 2.75) is 230 Å².